The molecule has 1 fully saturated rings. The lowest BCUT2D eigenvalue weighted by Crippen LogP contribution is -1.95. The molecule has 1 aromatic rings. The van der Waals surface area contributed by atoms with Gasteiger partial charge in [-0.15, -0.1) is 11.8 Å². The minimum absolute atomic E-state index is 0.732. The molecule has 1 nitrogen and oxygen atoms in total. The molecule has 0 radical (unpaired) electrons. The average molecular weight is 206 g/mol. The van der Waals surface area contributed by atoms with Crippen molar-refractivity contribution in [1.82, 2.24) is 0 Å². The molecule has 0 saturated heterocycles. The number of hydrogen-bond acceptors (Lipinski definition) is 2. The zero-order valence-electron chi connectivity index (χ0n) is 8.11. The maximum atomic E-state index is 10.8. The highest BCUT2D eigenvalue weighted by Gasteiger charge is 2.17. The Morgan fingerprint density at radius 1 is 1.21 bits per heavy atom. The van der Waals surface area contributed by atoms with Crippen LogP contribution in [0, 0.1) is 0 Å². The van der Waals surface area contributed by atoms with E-state index in [1.54, 1.807) is 0 Å². The van der Waals surface area contributed by atoms with Crippen LogP contribution in [0.5, 0.6) is 0 Å². The molecule has 14 heavy (non-hydrogen) atoms. The van der Waals surface area contributed by atoms with Gasteiger partial charge in [0.25, 0.3) is 0 Å². The number of thioether (sulfide) groups is 1. The number of aldehydes is 1. The third-order valence-corrected chi connectivity index (χ3v) is 4.07. The molecule has 0 heterocycles. The van der Waals surface area contributed by atoms with Crippen molar-refractivity contribution in [1.29, 1.82) is 0 Å². The molecule has 1 saturated carbocycles. The molecule has 74 valence electrons. The van der Waals surface area contributed by atoms with E-state index in [2.05, 4.69) is 0 Å². The first-order chi connectivity index (χ1) is 6.90. The molecule has 2 heteroatoms. The lowest BCUT2D eigenvalue weighted by atomic mass is 10.2. The topological polar surface area (TPSA) is 17.1 Å². The van der Waals surface area contributed by atoms with Crippen LogP contribution in [0.4, 0.5) is 0 Å². The zero-order valence-corrected chi connectivity index (χ0v) is 8.93. The van der Waals surface area contributed by atoms with Gasteiger partial charge < -0.3 is 0 Å². The number of hydrogen-bond donors (Lipinski definition) is 0. The largest absolute Gasteiger partial charge is 0.298 e. The highest BCUT2D eigenvalue weighted by molar-refractivity contribution is 8.00. The predicted octanol–water partition coefficient (Wildman–Crippen LogP) is 3.53. The summed E-state index contributed by atoms with van der Waals surface area (Å²) in [6.45, 7) is 0. The maximum absolute atomic E-state index is 10.8. The van der Waals surface area contributed by atoms with Gasteiger partial charge in [0.15, 0.2) is 6.29 Å². The lowest BCUT2D eigenvalue weighted by Gasteiger charge is -2.09. The Morgan fingerprint density at radius 3 is 2.64 bits per heavy atom. The molecule has 0 aliphatic heterocycles. The quantitative estimate of drug-likeness (QED) is 0.704. The van der Waals surface area contributed by atoms with Crippen molar-refractivity contribution < 1.29 is 4.79 Å². The molecular formula is C12H14OS. The Labute approximate surface area is 88.9 Å². The fourth-order valence-electron chi connectivity index (χ4n) is 1.87. The van der Waals surface area contributed by atoms with E-state index in [0.717, 1.165) is 22.0 Å². The number of carbonyl (C=O) groups is 1. The second kappa shape index (κ2) is 4.65. The van der Waals surface area contributed by atoms with Crippen LogP contribution in [0.15, 0.2) is 29.2 Å². The molecule has 1 aliphatic carbocycles. The average Bonchev–Trinajstić information content (AvgIpc) is 2.71. The van der Waals surface area contributed by atoms with E-state index in [9.17, 15) is 4.79 Å². The van der Waals surface area contributed by atoms with E-state index in [0.29, 0.717) is 0 Å². The van der Waals surface area contributed by atoms with Crippen molar-refractivity contribution in [3.8, 4) is 0 Å². The van der Waals surface area contributed by atoms with E-state index in [-0.39, 0.29) is 0 Å². The fraction of sp³-hybridized carbons (Fsp3) is 0.417. The summed E-state index contributed by atoms with van der Waals surface area (Å²) in [5.74, 6) is 0. The maximum Gasteiger partial charge on any atom is 0.151 e. The minimum atomic E-state index is 0.732. The summed E-state index contributed by atoms with van der Waals surface area (Å²) < 4.78 is 0. The number of benzene rings is 1. The Hall–Kier alpha value is -0.760. The minimum Gasteiger partial charge on any atom is -0.298 e. The van der Waals surface area contributed by atoms with Crippen LogP contribution in [0.2, 0.25) is 0 Å². The summed E-state index contributed by atoms with van der Waals surface area (Å²) in [7, 11) is 0. The highest BCUT2D eigenvalue weighted by atomic mass is 32.2. The van der Waals surface area contributed by atoms with Crippen molar-refractivity contribution >= 4 is 18.0 Å². The van der Waals surface area contributed by atoms with Gasteiger partial charge in [-0.3, -0.25) is 4.79 Å². The molecule has 2 rings (SSSR count). The van der Waals surface area contributed by atoms with Crippen molar-refractivity contribution in [2.24, 2.45) is 0 Å². The van der Waals surface area contributed by atoms with Gasteiger partial charge in [0.1, 0.15) is 0 Å². The Balaban J connectivity index is 2.10. The van der Waals surface area contributed by atoms with Gasteiger partial charge in [0.2, 0.25) is 0 Å². The van der Waals surface area contributed by atoms with Crippen molar-refractivity contribution in [2.45, 2.75) is 35.8 Å². The lowest BCUT2D eigenvalue weighted by molar-refractivity contribution is 0.112. The predicted molar refractivity (Wildman–Crippen MR) is 59.9 cm³/mol. The van der Waals surface area contributed by atoms with Crippen molar-refractivity contribution in [3.05, 3.63) is 29.8 Å². The van der Waals surface area contributed by atoms with Gasteiger partial charge in [0, 0.05) is 15.7 Å². The summed E-state index contributed by atoms with van der Waals surface area (Å²) in [5, 5.41) is 0.732. The SMILES string of the molecule is O=Cc1ccccc1SC1CCCC1. The molecule has 0 atom stereocenters. The first-order valence-electron chi connectivity index (χ1n) is 5.11. The van der Waals surface area contributed by atoms with Gasteiger partial charge >= 0.3 is 0 Å². The molecule has 0 aromatic heterocycles. The summed E-state index contributed by atoms with van der Waals surface area (Å²) >= 11 is 1.87. The van der Waals surface area contributed by atoms with Gasteiger partial charge in [-0.1, -0.05) is 31.0 Å². The second-order valence-electron chi connectivity index (χ2n) is 3.68. The monoisotopic (exact) mass is 206 g/mol. The van der Waals surface area contributed by atoms with Crippen LogP contribution < -0.4 is 0 Å². The van der Waals surface area contributed by atoms with Crippen LogP contribution in [0.25, 0.3) is 0 Å². The summed E-state index contributed by atoms with van der Waals surface area (Å²) in [5.41, 5.74) is 0.837. The van der Waals surface area contributed by atoms with Gasteiger partial charge in [-0.05, 0) is 18.9 Å². The Morgan fingerprint density at radius 2 is 1.93 bits per heavy atom. The Kier molecular flexibility index (Phi) is 3.25. The third kappa shape index (κ3) is 2.18. The summed E-state index contributed by atoms with van der Waals surface area (Å²) in [6.07, 6.45) is 6.26. The van der Waals surface area contributed by atoms with E-state index in [1.165, 1.54) is 25.7 Å². The summed E-state index contributed by atoms with van der Waals surface area (Å²) in [6, 6.07) is 7.86. The van der Waals surface area contributed by atoms with Gasteiger partial charge in [-0.2, -0.15) is 0 Å². The normalized spacial score (nSPS) is 17.1. The zero-order chi connectivity index (χ0) is 9.80. The first-order valence-corrected chi connectivity index (χ1v) is 5.99. The van der Waals surface area contributed by atoms with Gasteiger partial charge in [0.05, 0.1) is 0 Å². The van der Waals surface area contributed by atoms with Crippen LogP contribution in [0.3, 0.4) is 0 Å². The molecule has 1 aliphatic rings. The van der Waals surface area contributed by atoms with Crippen LogP contribution in [0.1, 0.15) is 36.0 Å². The van der Waals surface area contributed by atoms with E-state index in [1.807, 2.05) is 36.0 Å². The molecule has 1 aromatic carbocycles. The van der Waals surface area contributed by atoms with E-state index >= 15 is 0 Å². The van der Waals surface area contributed by atoms with Crippen LogP contribution in [-0.4, -0.2) is 11.5 Å². The highest BCUT2D eigenvalue weighted by Crippen LogP contribution is 2.35. The molecule has 0 spiro atoms. The molecule has 0 N–H and O–H groups in total. The van der Waals surface area contributed by atoms with Crippen LogP contribution in [-0.2, 0) is 0 Å². The molecule has 0 unspecified atom stereocenters. The van der Waals surface area contributed by atoms with Crippen LogP contribution >= 0.6 is 11.8 Å². The fourth-order valence-corrected chi connectivity index (χ4v) is 3.21. The molecule has 0 bridgehead atoms. The standard InChI is InChI=1S/C12H14OS/c13-9-10-5-1-4-8-12(10)14-11-6-2-3-7-11/h1,4-5,8-9,11H,2-3,6-7H2. The number of rotatable bonds is 3. The smallest absolute Gasteiger partial charge is 0.151 e. The summed E-state index contributed by atoms with van der Waals surface area (Å²) in [4.78, 5) is 11.9. The molecular weight excluding hydrogens is 192 g/mol. The Bertz CT molecular complexity index is 316. The van der Waals surface area contributed by atoms with Crippen molar-refractivity contribution in [2.75, 3.05) is 0 Å². The third-order valence-electron chi connectivity index (χ3n) is 2.64. The van der Waals surface area contributed by atoms with Crippen molar-refractivity contribution in [3.63, 3.8) is 0 Å². The van der Waals surface area contributed by atoms with E-state index in [4.69, 9.17) is 0 Å². The van der Waals surface area contributed by atoms with E-state index < -0.39 is 0 Å². The number of carbonyl (C=O) groups excluding carboxylic acids is 1. The van der Waals surface area contributed by atoms with Gasteiger partial charge in [-0.25, -0.2) is 0 Å². The molecule has 0 amide bonds. The first kappa shape index (κ1) is 9.78. The second-order valence-corrected chi connectivity index (χ2v) is 5.02.